The van der Waals surface area contributed by atoms with E-state index >= 15 is 0 Å². The minimum absolute atomic E-state index is 0.116. The maximum absolute atomic E-state index is 12.6. The molecular weight excluding hydrogens is 364 g/mol. The molecular formula is C20H13BrN2O. The van der Waals surface area contributed by atoms with Crippen molar-refractivity contribution in [2.75, 3.05) is 0 Å². The van der Waals surface area contributed by atoms with Crippen LogP contribution >= 0.6 is 15.9 Å². The molecule has 0 spiro atoms. The molecule has 0 bridgehead atoms. The number of hydrogen-bond acceptors (Lipinski definition) is 2. The molecule has 0 aliphatic heterocycles. The summed E-state index contributed by atoms with van der Waals surface area (Å²) in [5, 5.41) is 2.11. The highest BCUT2D eigenvalue weighted by Gasteiger charge is 2.13. The van der Waals surface area contributed by atoms with E-state index in [0.29, 0.717) is 5.69 Å². The topological polar surface area (TPSA) is 45.8 Å². The van der Waals surface area contributed by atoms with Gasteiger partial charge in [0.05, 0.1) is 5.52 Å². The van der Waals surface area contributed by atoms with Crippen molar-refractivity contribution in [2.45, 2.75) is 0 Å². The van der Waals surface area contributed by atoms with Crippen molar-refractivity contribution in [3.8, 4) is 0 Å². The van der Waals surface area contributed by atoms with Gasteiger partial charge < -0.3 is 4.98 Å². The number of H-pyrrole nitrogens is 1. The van der Waals surface area contributed by atoms with Crippen LogP contribution in [0.4, 0.5) is 0 Å². The van der Waals surface area contributed by atoms with Crippen LogP contribution in [0.3, 0.4) is 0 Å². The van der Waals surface area contributed by atoms with Gasteiger partial charge in [-0.05, 0) is 35.9 Å². The van der Waals surface area contributed by atoms with Gasteiger partial charge in [-0.1, -0.05) is 52.3 Å². The quantitative estimate of drug-likeness (QED) is 0.385. The second kappa shape index (κ2) is 6.06. The molecule has 4 aromatic rings. The summed E-state index contributed by atoms with van der Waals surface area (Å²) in [6.45, 7) is 0. The number of carbonyl (C=O) groups is 1. The zero-order valence-electron chi connectivity index (χ0n) is 12.7. The van der Waals surface area contributed by atoms with Gasteiger partial charge in [-0.2, -0.15) is 0 Å². The Balaban J connectivity index is 1.75. The van der Waals surface area contributed by atoms with Crippen LogP contribution in [0.25, 0.3) is 27.9 Å². The number of halogens is 1. The molecule has 0 unspecified atom stereocenters. The van der Waals surface area contributed by atoms with Gasteiger partial charge in [0, 0.05) is 27.0 Å². The molecule has 116 valence electrons. The van der Waals surface area contributed by atoms with E-state index in [1.54, 1.807) is 18.3 Å². The number of para-hydroxylation sites is 1. The molecule has 2 heterocycles. The molecule has 1 N–H and O–H groups in total. The second-order valence-corrected chi connectivity index (χ2v) is 6.42. The standard InChI is InChI=1S/C20H13BrN2O/c21-14-8-5-13(6-9-14)7-10-18(24)20-19-16(11-12-22-20)15-3-1-2-4-17(15)23-19/h1-12,23H/b10-7+. The monoisotopic (exact) mass is 376 g/mol. The average molecular weight is 377 g/mol. The Bertz CT molecular complexity index is 1080. The van der Waals surface area contributed by atoms with Gasteiger partial charge in [-0.15, -0.1) is 0 Å². The Labute approximate surface area is 147 Å². The van der Waals surface area contributed by atoms with Crippen LogP contribution in [0.15, 0.2) is 71.3 Å². The third kappa shape index (κ3) is 2.65. The Morgan fingerprint density at radius 1 is 1.00 bits per heavy atom. The molecule has 0 saturated heterocycles. The zero-order chi connectivity index (χ0) is 16.5. The van der Waals surface area contributed by atoms with E-state index in [2.05, 4.69) is 25.9 Å². The number of pyridine rings is 1. The molecule has 2 aromatic carbocycles. The number of nitrogens with one attached hydrogen (secondary N) is 1. The third-order valence-electron chi connectivity index (χ3n) is 3.96. The highest BCUT2D eigenvalue weighted by atomic mass is 79.9. The fourth-order valence-corrected chi connectivity index (χ4v) is 3.05. The van der Waals surface area contributed by atoms with E-state index in [-0.39, 0.29) is 5.78 Å². The van der Waals surface area contributed by atoms with E-state index < -0.39 is 0 Å². The lowest BCUT2D eigenvalue weighted by Crippen LogP contribution is -1.99. The summed E-state index contributed by atoms with van der Waals surface area (Å²) in [7, 11) is 0. The lowest BCUT2D eigenvalue weighted by molar-refractivity contribution is 0.104. The van der Waals surface area contributed by atoms with E-state index in [4.69, 9.17) is 0 Å². The van der Waals surface area contributed by atoms with Crippen molar-refractivity contribution in [1.29, 1.82) is 0 Å². The van der Waals surface area contributed by atoms with Crippen molar-refractivity contribution in [3.05, 3.63) is 82.6 Å². The number of nitrogens with zero attached hydrogens (tertiary/aromatic N) is 1. The molecule has 2 aromatic heterocycles. The minimum Gasteiger partial charge on any atom is -0.353 e. The van der Waals surface area contributed by atoms with Crippen molar-refractivity contribution in [2.24, 2.45) is 0 Å². The summed E-state index contributed by atoms with van der Waals surface area (Å²) in [5.41, 5.74) is 3.20. The number of hydrogen-bond donors (Lipinski definition) is 1. The van der Waals surface area contributed by atoms with Crippen LogP contribution in [0.1, 0.15) is 16.1 Å². The second-order valence-electron chi connectivity index (χ2n) is 5.50. The van der Waals surface area contributed by atoms with Gasteiger partial charge in [-0.3, -0.25) is 9.78 Å². The number of benzene rings is 2. The first kappa shape index (κ1) is 14.8. The maximum Gasteiger partial charge on any atom is 0.206 e. The van der Waals surface area contributed by atoms with Crippen LogP contribution in [0, 0.1) is 0 Å². The van der Waals surface area contributed by atoms with Crippen molar-refractivity contribution in [1.82, 2.24) is 9.97 Å². The number of rotatable bonds is 3. The maximum atomic E-state index is 12.6. The highest BCUT2D eigenvalue weighted by molar-refractivity contribution is 9.10. The molecule has 4 heteroatoms. The van der Waals surface area contributed by atoms with Crippen molar-refractivity contribution < 1.29 is 4.79 Å². The lowest BCUT2D eigenvalue weighted by atomic mass is 10.1. The predicted molar refractivity (Wildman–Crippen MR) is 101 cm³/mol. The predicted octanol–water partition coefficient (Wildman–Crippen LogP) is 5.37. The smallest absolute Gasteiger partial charge is 0.206 e. The first-order valence-corrected chi connectivity index (χ1v) is 8.35. The van der Waals surface area contributed by atoms with E-state index in [9.17, 15) is 4.79 Å². The number of aromatic amines is 1. The van der Waals surface area contributed by atoms with Crippen molar-refractivity contribution >= 4 is 49.6 Å². The summed E-state index contributed by atoms with van der Waals surface area (Å²) in [6.07, 6.45) is 5.05. The molecule has 0 fully saturated rings. The van der Waals surface area contributed by atoms with Crippen LogP contribution in [0.2, 0.25) is 0 Å². The largest absolute Gasteiger partial charge is 0.353 e. The average Bonchev–Trinajstić information content (AvgIpc) is 2.99. The number of aromatic nitrogens is 2. The first-order chi connectivity index (χ1) is 11.7. The fourth-order valence-electron chi connectivity index (χ4n) is 2.79. The number of carbonyl (C=O) groups excluding carboxylic acids is 1. The minimum atomic E-state index is -0.116. The van der Waals surface area contributed by atoms with Gasteiger partial charge >= 0.3 is 0 Å². The molecule has 0 aliphatic carbocycles. The molecule has 3 nitrogen and oxygen atoms in total. The Kier molecular flexibility index (Phi) is 3.75. The van der Waals surface area contributed by atoms with Crippen LogP contribution in [-0.4, -0.2) is 15.8 Å². The van der Waals surface area contributed by atoms with Crippen LogP contribution in [-0.2, 0) is 0 Å². The fraction of sp³-hybridized carbons (Fsp3) is 0. The van der Waals surface area contributed by atoms with Gasteiger partial charge in [0.25, 0.3) is 0 Å². The Hall–Kier alpha value is -2.72. The third-order valence-corrected chi connectivity index (χ3v) is 4.49. The highest BCUT2D eigenvalue weighted by Crippen LogP contribution is 2.26. The normalized spacial score (nSPS) is 11.5. The van der Waals surface area contributed by atoms with Gasteiger partial charge in [0.15, 0.2) is 0 Å². The van der Waals surface area contributed by atoms with Crippen LogP contribution < -0.4 is 0 Å². The van der Waals surface area contributed by atoms with Gasteiger partial charge in [-0.25, -0.2) is 0 Å². The number of fused-ring (bicyclic) bond motifs is 3. The molecule has 24 heavy (non-hydrogen) atoms. The van der Waals surface area contributed by atoms with Crippen LogP contribution in [0.5, 0.6) is 0 Å². The summed E-state index contributed by atoms with van der Waals surface area (Å²) >= 11 is 3.40. The summed E-state index contributed by atoms with van der Waals surface area (Å²) in [6, 6.07) is 17.7. The summed E-state index contributed by atoms with van der Waals surface area (Å²) < 4.78 is 1.01. The molecule has 0 radical (unpaired) electrons. The molecule has 0 amide bonds. The number of ketones is 1. The van der Waals surface area contributed by atoms with Gasteiger partial charge in [0.2, 0.25) is 5.78 Å². The van der Waals surface area contributed by atoms with Crippen molar-refractivity contribution in [3.63, 3.8) is 0 Å². The molecule has 0 saturated carbocycles. The van der Waals surface area contributed by atoms with Gasteiger partial charge in [0.1, 0.15) is 5.69 Å². The van der Waals surface area contributed by atoms with E-state index in [1.807, 2.05) is 54.6 Å². The Morgan fingerprint density at radius 2 is 1.79 bits per heavy atom. The first-order valence-electron chi connectivity index (χ1n) is 7.56. The van der Waals surface area contributed by atoms with E-state index in [0.717, 1.165) is 31.8 Å². The van der Waals surface area contributed by atoms with E-state index in [1.165, 1.54) is 0 Å². The molecule has 0 atom stereocenters. The number of allylic oxidation sites excluding steroid dienone is 1. The lowest BCUT2D eigenvalue weighted by Gasteiger charge is -1.98. The molecule has 4 rings (SSSR count). The summed E-state index contributed by atoms with van der Waals surface area (Å²) in [4.78, 5) is 20.2. The Morgan fingerprint density at radius 3 is 2.62 bits per heavy atom. The zero-order valence-corrected chi connectivity index (χ0v) is 14.2. The summed E-state index contributed by atoms with van der Waals surface area (Å²) in [5.74, 6) is -0.116. The SMILES string of the molecule is O=C(/C=C/c1ccc(Br)cc1)c1nccc2c1[nH]c1ccccc12. The molecule has 0 aliphatic rings.